The number of ether oxygens (including phenoxy) is 2. The second-order valence-electron chi connectivity index (χ2n) is 6.95. The first-order chi connectivity index (χ1) is 14.6. The van der Waals surface area contributed by atoms with E-state index in [4.69, 9.17) is 9.47 Å². The Balaban J connectivity index is 1.78. The van der Waals surface area contributed by atoms with Crippen LogP contribution >= 0.6 is 11.3 Å². The molecule has 2 heterocycles. The number of hydrogen-bond donors (Lipinski definition) is 1. The molecule has 1 N–H and O–H groups in total. The Hall–Kier alpha value is -3.12. The number of nitrogens with one attached hydrogen (secondary N) is 1. The average molecular weight is 420 g/mol. The van der Waals surface area contributed by atoms with Crippen molar-refractivity contribution in [2.45, 2.75) is 27.7 Å². The summed E-state index contributed by atoms with van der Waals surface area (Å²) in [6, 6.07) is 14.4. The smallest absolute Gasteiger partial charge is 0.163 e. The molecule has 0 amide bonds. The first-order valence-electron chi connectivity index (χ1n) is 10.1. The zero-order valence-corrected chi connectivity index (χ0v) is 18.5. The zero-order valence-electron chi connectivity index (χ0n) is 17.7. The zero-order chi connectivity index (χ0) is 21.1. The van der Waals surface area contributed by atoms with Crippen molar-refractivity contribution in [3.05, 3.63) is 59.2 Å². The van der Waals surface area contributed by atoms with Crippen molar-refractivity contribution in [3.8, 4) is 22.6 Å². The van der Waals surface area contributed by atoms with Gasteiger partial charge in [-0.15, -0.1) is 11.3 Å². The van der Waals surface area contributed by atoms with E-state index in [0.717, 1.165) is 33.2 Å². The van der Waals surface area contributed by atoms with Gasteiger partial charge in [-0.25, -0.2) is 9.97 Å². The van der Waals surface area contributed by atoms with Crippen LogP contribution in [0.25, 0.3) is 21.3 Å². The molecule has 0 fully saturated rings. The summed E-state index contributed by atoms with van der Waals surface area (Å²) in [7, 11) is 0. The molecule has 0 atom stereocenters. The molecule has 2 aromatic heterocycles. The van der Waals surface area contributed by atoms with Gasteiger partial charge in [-0.1, -0.05) is 29.8 Å². The quantitative estimate of drug-likeness (QED) is 0.370. The lowest BCUT2D eigenvalue weighted by Gasteiger charge is -2.14. The molecule has 0 aliphatic carbocycles. The Morgan fingerprint density at radius 2 is 1.63 bits per heavy atom. The summed E-state index contributed by atoms with van der Waals surface area (Å²) in [5.74, 6) is 2.24. The summed E-state index contributed by atoms with van der Waals surface area (Å²) in [6.07, 6.45) is 1.61. The number of benzene rings is 2. The van der Waals surface area contributed by atoms with Gasteiger partial charge in [0.2, 0.25) is 0 Å². The third-order valence-electron chi connectivity index (χ3n) is 4.81. The molecule has 0 bridgehead atoms. The number of hydrogen-bond acceptors (Lipinski definition) is 6. The summed E-state index contributed by atoms with van der Waals surface area (Å²) in [6.45, 7) is 9.32. The second-order valence-corrected chi connectivity index (χ2v) is 8.16. The fourth-order valence-corrected chi connectivity index (χ4v) is 4.49. The van der Waals surface area contributed by atoms with E-state index in [2.05, 4.69) is 53.4 Å². The summed E-state index contributed by atoms with van der Waals surface area (Å²) in [5, 5.41) is 4.51. The highest BCUT2D eigenvalue weighted by molar-refractivity contribution is 7.19. The molecule has 30 heavy (non-hydrogen) atoms. The van der Waals surface area contributed by atoms with Gasteiger partial charge < -0.3 is 14.8 Å². The number of aromatic nitrogens is 2. The van der Waals surface area contributed by atoms with Gasteiger partial charge in [-0.2, -0.15) is 0 Å². The molecule has 2 aromatic carbocycles. The van der Waals surface area contributed by atoms with E-state index in [-0.39, 0.29) is 0 Å². The molecule has 0 spiro atoms. The van der Waals surface area contributed by atoms with Crippen LogP contribution in [0.3, 0.4) is 0 Å². The Bertz CT molecular complexity index is 1170. The van der Waals surface area contributed by atoms with Crippen LogP contribution in [0.5, 0.6) is 11.5 Å². The van der Waals surface area contributed by atoms with Crippen molar-refractivity contribution in [3.63, 3.8) is 0 Å². The van der Waals surface area contributed by atoms with Crippen LogP contribution in [0.1, 0.15) is 24.3 Å². The molecule has 0 aliphatic rings. The Kier molecular flexibility index (Phi) is 5.86. The van der Waals surface area contributed by atoms with Crippen LogP contribution in [0, 0.1) is 13.8 Å². The monoisotopic (exact) mass is 419 g/mol. The van der Waals surface area contributed by atoms with Crippen LogP contribution < -0.4 is 14.8 Å². The normalized spacial score (nSPS) is 10.9. The Labute approximate surface area is 180 Å². The van der Waals surface area contributed by atoms with Gasteiger partial charge in [0.1, 0.15) is 17.0 Å². The topological polar surface area (TPSA) is 56.3 Å². The molecule has 0 unspecified atom stereocenters. The maximum Gasteiger partial charge on any atom is 0.163 e. The van der Waals surface area contributed by atoms with Crippen molar-refractivity contribution < 1.29 is 9.47 Å². The molecule has 5 nitrogen and oxygen atoms in total. The first-order valence-corrected chi connectivity index (χ1v) is 10.9. The number of nitrogens with zero attached hydrogens (tertiary/aromatic N) is 2. The van der Waals surface area contributed by atoms with Crippen molar-refractivity contribution in [2.24, 2.45) is 0 Å². The lowest BCUT2D eigenvalue weighted by Crippen LogP contribution is -2.00. The van der Waals surface area contributed by atoms with E-state index in [1.165, 1.54) is 21.6 Å². The van der Waals surface area contributed by atoms with Gasteiger partial charge in [0.05, 0.1) is 18.6 Å². The fraction of sp³-hybridized carbons (Fsp3) is 0.250. The highest BCUT2D eigenvalue weighted by atomic mass is 32.1. The van der Waals surface area contributed by atoms with Crippen molar-refractivity contribution >= 4 is 33.1 Å². The van der Waals surface area contributed by atoms with Gasteiger partial charge in [-0.3, -0.25) is 0 Å². The van der Waals surface area contributed by atoms with E-state index >= 15 is 0 Å². The largest absolute Gasteiger partial charge is 0.490 e. The molecule has 4 aromatic rings. The number of aryl methyl sites for hydroxylation is 2. The van der Waals surface area contributed by atoms with Crippen LogP contribution in [-0.4, -0.2) is 23.2 Å². The molecule has 4 rings (SSSR count). The van der Waals surface area contributed by atoms with Crippen molar-refractivity contribution in [1.29, 1.82) is 0 Å². The third-order valence-corrected chi connectivity index (χ3v) is 5.82. The second kappa shape index (κ2) is 8.71. The summed E-state index contributed by atoms with van der Waals surface area (Å²) in [4.78, 5) is 11.3. The van der Waals surface area contributed by atoms with E-state index in [9.17, 15) is 0 Å². The average Bonchev–Trinajstić information content (AvgIpc) is 3.08. The minimum absolute atomic E-state index is 0.572. The Morgan fingerprint density at radius 3 is 2.37 bits per heavy atom. The number of anilines is 2. The third kappa shape index (κ3) is 3.96. The number of rotatable bonds is 7. The summed E-state index contributed by atoms with van der Waals surface area (Å²) >= 11 is 1.69. The molecule has 0 saturated heterocycles. The number of thiophene rings is 1. The van der Waals surface area contributed by atoms with Crippen LogP contribution in [-0.2, 0) is 0 Å². The van der Waals surface area contributed by atoms with E-state index < -0.39 is 0 Å². The lowest BCUT2D eigenvalue weighted by molar-refractivity contribution is 0.288. The molecule has 154 valence electrons. The van der Waals surface area contributed by atoms with Crippen molar-refractivity contribution in [2.75, 3.05) is 18.5 Å². The summed E-state index contributed by atoms with van der Waals surface area (Å²) < 4.78 is 11.4. The van der Waals surface area contributed by atoms with Gasteiger partial charge in [0, 0.05) is 22.2 Å². The molecular formula is C24H25N3O2S. The predicted molar refractivity (Wildman–Crippen MR) is 124 cm³/mol. The maximum atomic E-state index is 5.77. The highest BCUT2D eigenvalue weighted by Gasteiger charge is 2.17. The standard InChI is InChI=1S/C24H25N3O2S/c1-5-28-19-12-11-18(13-20(19)29-6-2)27-23-22-21(17-9-7-15(3)8-10-17)16(4)30-24(22)26-14-25-23/h7-14H,5-6H2,1-4H3,(H,25,26,27). The summed E-state index contributed by atoms with van der Waals surface area (Å²) in [5.41, 5.74) is 4.47. The first kappa shape index (κ1) is 20.2. The van der Waals surface area contributed by atoms with E-state index in [1.54, 1.807) is 17.7 Å². The minimum atomic E-state index is 0.572. The van der Waals surface area contributed by atoms with E-state index in [0.29, 0.717) is 13.2 Å². The highest BCUT2D eigenvalue weighted by Crippen LogP contribution is 2.41. The van der Waals surface area contributed by atoms with Gasteiger partial charge in [0.15, 0.2) is 11.5 Å². The number of fused-ring (bicyclic) bond motifs is 1. The van der Waals surface area contributed by atoms with Crippen molar-refractivity contribution in [1.82, 2.24) is 9.97 Å². The maximum absolute atomic E-state index is 5.77. The SMILES string of the molecule is CCOc1ccc(Nc2ncnc3sc(C)c(-c4ccc(C)cc4)c23)cc1OCC. The minimum Gasteiger partial charge on any atom is -0.490 e. The molecule has 6 heteroatoms. The van der Waals surface area contributed by atoms with Gasteiger partial charge >= 0.3 is 0 Å². The predicted octanol–water partition coefficient (Wildman–Crippen LogP) is 6.52. The molecule has 0 saturated carbocycles. The van der Waals surface area contributed by atoms with Gasteiger partial charge in [0.25, 0.3) is 0 Å². The van der Waals surface area contributed by atoms with E-state index in [1.807, 2.05) is 32.0 Å². The van der Waals surface area contributed by atoms with Crippen LogP contribution in [0.2, 0.25) is 0 Å². The van der Waals surface area contributed by atoms with Crippen LogP contribution in [0.15, 0.2) is 48.8 Å². The fourth-order valence-electron chi connectivity index (χ4n) is 3.47. The van der Waals surface area contributed by atoms with Gasteiger partial charge in [-0.05, 0) is 45.4 Å². The van der Waals surface area contributed by atoms with Crippen LogP contribution in [0.4, 0.5) is 11.5 Å². The lowest BCUT2D eigenvalue weighted by atomic mass is 10.0. The molecule has 0 radical (unpaired) electrons. The molecule has 0 aliphatic heterocycles. The molecular weight excluding hydrogens is 394 g/mol. The Morgan fingerprint density at radius 1 is 0.900 bits per heavy atom.